The predicted molar refractivity (Wildman–Crippen MR) is 99.7 cm³/mol. The van der Waals surface area contributed by atoms with Gasteiger partial charge in [0.1, 0.15) is 5.75 Å². The number of nitrogens with one attached hydrogen (secondary N) is 2. The minimum absolute atomic E-state index is 0.123. The standard InChI is InChI=1S/C19H17N3O7/c23-17(24)10-27-14-4-2-1-3-13(14)9-21-22-19(26)18(25)20-8-12-5-6-15-16(7-12)29-11-28-15/h1-7,9H,8,10-11H2,(H,20,25)(H,22,26)(H,23,24)/b21-9-. The van der Waals surface area contributed by atoms with Crippen molar-refractivity contribution in [3.05, 3.63) is 53.6 Å². The van der Waals surface area contributed by atoms with Gasteiger partial charge in [0.2, 0.25) is 6.79 Å². The van der Waals surface area contributed by atoms with Crippen molar-refractivity contribution in [3.8, 4) is 17.2 Å². The summed E-state index contributed by atoms with van der Waals surface area (Å²) in [5, 5.41) is 14.9. The minimum atomic E-state index is -1.12. The number of para-hydroxylation sites is 1. The van der Waals surface area contributed by atoms with E-state index in [1.54, 1.807) is 42.5 Å². The maximum absolute atomic E-state index is 11.9. The fraction of sp³-hybridized carbons (Fsp3) is 0.158. The molecule has 3 rings (SSSR count). The molecule has 1 aliphatic rings. The van der Waals surface area contributed by atoms with Gasteiger partial charge in [-0.25, -0.2) is 10.2 Å². The number of fused-ring (bicyclic) bond motifs is 1. The first kappa shape index (κ1) is 19.7. The molecule has 29 heavy (non-hydrogen) atoms. The Morgan fingerprint density at radius 2 is 1.90 bits per heavy atom. The van der Waals surface area contributed by atoms with Crippen LogP contribution in [0.3, 0.4) is 0 Å². The number of hydrogen-bond donors (Lipinski definition) is 3. The monoisotopic (exact) mass is 399 g/mol. The summed E-state index contributed by atoms with van der Waals surface area (Å²) in [4.78, 5) is 34.4. The van der Waals surface area contributed by atoms with Gasteiger partial charge in [-0.1, -0.05) is 18.2 Å². The molecule has 0 aromatic heterocycles. The number of carboxylic acids is 1. The number of ether oxygens (including phenoxy) is 3. The van der Waals surface area contributed by atoms with Gasteiger partial charge in [-0.3, -0.25) is 9.59 Å². The molecule has 2 aromatic carbocycles. The fourth-order valence-corrected chi connectivity index (χ4v) is 2.38. The molecule has 0 radical (unpaired) electrons. The van der Waals surface area contributed by atoms with Crippen molar-refractivity contribution in [3.63, 3.8) is 0 Å². The van der Waals surface area contributed by atoms with Crippen molar-refractivity contribution in [2.24, 2.45) is 5.10 Å². The summed E-state index contributed by atoms with van der Waals surface area (Å²) in [5.74, 6) is -1.46. The quantitative estimate of drug-likeness (QED) is 0.353. The number of carbonyl (C=O) groups is 3. The van der Waals surface area contributed by atoms with Gasteiger partial charge < -0.3 is 24.6 Å². The maximum atomic E-state index is 11.9. The zero-order valence-electron chi connectivity index (χ0n) is 15.1. The van der Waals surface area contributed by atoms with E-state index in [4.69, 9.17) is 19.3 Å². The molecule has 150 valence electrons. The number of hydrogen-bond acceptors (Lipinski definition) is 7. The molecule has 3 N–H and O–H groups in total. The van der Waals surface area contributed by atoms with Crippen LogP contribution in [-0.4, -0.2) is 42.5 Å². The van der Waals surface area contributed by atoms with E-state index in [0.29, 0.717) is 17.1 Å². The van der Waals surface area contributed by atoms with Crippen LogP contribution in [-0.2, 0) is 20.9 Å². The Morgan fingerprint density at radius 1 is 1.10 bits per heavy atom. The highest BCUT2D eigenvalue weighted by Crippen LogP contribution is 2.32. The normalized spacial score (nSPS) is 11.9. The zero-order valence-corrected chi connectivity index (χ0v) is 15.1. The van der Waals surface area contributed by atoms with E-state index in [9.17, 15) is 14.4 Å². The molecule has 10 heteroatoms. The number of amides is 2. The average Bonchev–Trinajstić information content (AvgIpc) is 3.19. The molecule has 1 aliphatic heterocycles. The third kappa shape index (κ3) is 5.45. The van der Waals surface area contributed by atoms with Gasteiger partial charge >= 0.3 is 17.8 Å². The molecule has 0 unspecified atom stereocenters. The highest BCUT2D eigenvalue weighted by atomic mass is 16.7. The van der Waals surface area contributed by atoms with Gasteiger partial charge in [-0.05, 0) is 29.8 Å². The number of carboxylic acid groups (broad SMARTS) is 1. The summed E-state index contributed by atoms with van der Waals surface area (Å²) >= 11 is 0. The van der Waals surface area contributed by atoms with E-state index in [1.807, 2.05) is 0 Å². The predicted octanol–water partition coefficient (Wildman–Crippen LogP) is 0.645. The Hall–Kier alpha value is -4.08. The zero-order chi connectivity index (χ0) is 20.6. The number of rotatable bonds is 7. The van der Waals surface area contributed by atoms with Gasteiger partial charge in [0.05, 0.1) is 6.21 Å². The molecule has 2 amide bonds. The van der Waals surface area contributed by atoms with E-state index in [0.717, 1.165) is 5.56 Å². The Labute approximate surface area is 165 Å². The molecule has 2 aromatic rings. The smallest absolute Gasteiger partial charge is 0.341 e. The number of hydrazone groups is 1. The summed E-state index contributed by atoms with van der Waals surface area (Å²) in [7, 11) is 0. The van der Waals surface area contributed by atoms with Crippen LogP contribution in [0.2, 0.25) is 0 Å². The van der Waals surface area contributed by atoms with E-state index < -0.39 is 24.4 Å². The van der Waals surface area contributed by atoms with Gasteiger partial charge in [-0.2, -0.15) is 5.10 Å². The molecule has 0 saturated carbocycles. The molecule has 10 nitrogen and oxygen atoms in total. The van der Waals surface area contributed by atoms with Crippen LogP contribution in [0.25, 0.3) is 0 Å². The summed E-state index contributed by atoms with van der Waals surface area (Å²) in [6.45, 7) is -0.242. The van der Waals surface area contributed by atoms with Crippen molar-refractivity contribution >= 4 is 24.0 Å². The molecule has 0 bridgehead atoms. The Kier molecular flexibility index (Phi) is 6.25. The second-order valence-corrected chi connectivity index (χ2v) is 5.79. The lowest BCUT2D eigenvalue weighted by Crippen LogP contribution is -2.37. The molecular weight excluding hydrogens is 382 g/mol. The lowest BCUT2D eigenvalue weighted by molar-refractivity contribution is -0.139. The van der Waals surface area contributed by atoms with Crippen molar-refractivity contribution in [1.29, 1.82) is 0 Å². The van der Waals surface area contributed by atoms with Crippen LogP contribution >= 0.6 is 0 Å². The second kappa shape index (κ2) is 9.22. The van der Waals surface area contributed by atoms with Crippen LogP contribution in [0.5, 0.6) is 17.2 Å². The molecule has 0 atom stereocenters. The number of carbonyl (C=O) groups excluding carboxylic acids is 2. The highest BCUT2D eigenvalue weighted by molar-refractivity contribution is 6.35. The molecular formula is C19H17N3O7. The summed E-state index contributed by atoms with van der Waals surface area (Å²) in [6.07, 6.45) is 1.25. The van der Waals surface area contributed by atoms with Crippen molar-refractivity contribution in [2.45, 2.75) is 6.54 Å². The summed E-state index contributed by atoms with van der Waals surface area (Å²) in [5.41, 5.74) is 3.28. The van der Waals surface area contributed by atoms with Crippen LogP contribution in [0.15, 0.2) is 47.6 Å². The maximum Gasteiger partial charge on any atom is 0.341 e. The lowest BCUT2D eigenvalue weighted by atomic mass is 10.2. The lowest BCUT2D eigenvalue weighted by Gasteiger charge is -2.06. The van der Waals surface area contributed by atoms with Crippen LogP contribution < -0.4 is 25.0 Å². The molecule has 1 heterocycles. The fourth-order valence-electron chi connectivity index (χ4n) is 2.38. The number of nitrogens with zero attached hydrogens (tertiary/aromatic N) is 1. The van der Waals surface area contributed by atoms with E-state index in [1.165, 1.54) is 6.21 Å². The molecule has 0 fully saturated rings. The first-order chi connectivity index (χ1) is 14.0. The summed E-state index contributed by atoms with van der Waals surface area (Å²) < 4.78 is 15.6. The van der Waals surface area contributed by atoms with Crippen LogP contribution in [0.4, 0.5) is 0 Å². The first-order valence-corrected chi connectivity index (χ1v) is 8.46. The minimum Gasteiger partial charge on any atom is -0.481 e. The van der Waals surface area contributed by atoms with E-state index >= 15 is 0 Å². The van der Waals surface area contributed by atoms with Crippen molar-refractivity contribution in [1.82, 2.24) is 10.7 Å². The van der Waals surface area contributed by atoms with Gasteiger partial charge in [0, 0.05) is 12.1 Å². The Morgan fingerprint density at radius 3 is 2.72 bits per heavy atom. The van der Waals surface area contributed by atoms with E-state index in [2.05, 4.69) is 15.8 Å². The van der Waals surface area contributed by atoms with Crippen molar-refractivity contribution < 1.29 is 33.7 Å². The topological polar surface area (TPSA) is 136 Å². The molecule has 0 saturated heterocycles. The third-order valence-corrected chi connectivity index (χ3v) is 3.74. The molecule has 0 spiro atoms. The number of benzene rings is 2. The van der Waals surface area contributed by atoms with Crippen LogP contribution in [0, 0.1) is 0 Å². The SMILES string of the molecule is O=C(O)COc1ccccc1/C=N\NC(=O)C(=O)NCc1ccc2c(c1)OCO2. The first-order valence-electron chi connectivity index (χ1n) is 8.46. The van der Waals surface area contributed by atoms with Gasteiger partial charge in [-0.15, -0.1) is 0 Å². The van der Waals surface area contributed by atoms with E-state index in [-0.39, 0.29) is 19.1 Å². The molecule has 0 aliphatic carbocycles. The van der Waals surface area contributed by atoms with Gasteiger partial charge in [0.15, 0.2) is 18.1 Å². The Bertz CT molecular complexity index is 959. The highest BCUT2D eigenvalue weighted by Gasteiger charge is 2.15. The number of aliphatic carboxylic acids is 1. The van der Waals surface area contributed by atoms with Crippen molar-refractivity contribution in [2.75, 3.05) is 13.4 Å². The van der Waals surface area contributed by atoms with Crippen LogP contribution in [0.1, 0.15) is 11.1 Å². The average molecular weight is 399 g/mol. The second-order valence-electron chi connectivity index (χ2n) is 5.79. The Balaban J connectivity index is 1.50. The van der Waals surface area contributed by atoms with Gasteiger partial charge in [0.25, 0.3) is 0 Å². The third-order valence-electron chi connectivity index (χ3n) is 3.74. The largest absolute Gasteiger partial charge is 0.481 e. The summed E-state index contributed by atoms with van der Waals surface area (Å²) in [6, 6.07) is 11.7.